The van der Waals surface area contributed by atoms with Gasteiger partial charge >= 0.3 is 0 Å². The molecule has 112 valence electrons. The molecule has 0 aromatic heterocycles. The third-order valence-electron chi connectivity index (χ3n) is 3.49. The highest BCUT2D eigenvalue weighted by atomic mass is 35.5. The van der Waals surface area contributed by atoms with Crippen molar-refractivity contribution >= 4 is 18.3 Å². The van der Waals surface area contributed by atoms with E-state index < -0.39 is 11.6 Å². The molecular weight excluding hydrogens is 286 g/mol. The Kier molecular flexibility index (Phi) is 6.36. The minimum atomic E-state index is -0.607. The van der Waals surface area contributed by atoms with E-state index in [2.05, 4.69) is 5.32 Å². The van der Waals surface area contributed by atoms with Crippen molar-refractivity contribution in [2.45, 2.75) is 19.4 Å². The van der Waals surface area contributed by atoms with E-state index in [1.165, 1.54) is 17.0 Å². The molecule has 0 spiro atoms. The van der Waals surface area contributed by atoms with Crippen molar-refractivity contribution in [3.63, 3.8) is 0 Å². The second-order valence-electron chi connectivity index (χ2n) is 4.95. The fourth-order valence-corrected chi connectivity index (χ4v) is 2.36. The Balaban J connectivity index is 0.00000200. The second-order valence-corrected chi connectivity index (χ2v) is 4.95. The van der Waals surface area contributed by atoms with Gasteiger partial charge in [0.1, 0.15) is 11.6 Å². The number of piperidine rings is 1. The molecule has 1 aliphatic rings. The second kappa shape index (κ2) is 7.55. The highest BCUT2D eigenvalue weighted by molar-refractivity contribution is 5.85. The number of carbonyl (C=O) groups excluding carboxylic acids is 1. The van der Waals surface area contributed by atoms with Crippen molar-refractivity contribution in [3.8, 4) is 0 Å². The third-order valence-corrected chi connectivity index (χ3v) is 3.49. The molecule has 1 saturated heterocycles. The van der Waals surface area contributed by atoms with Gasteiger partial charge in [-0.2, -0.15) is 0 Å². The molecule has 1 aromatic carbocycles. The van der Waals surface area contributed by atoms with Crippen LogP contribution in [0.1, 0.15) is 18.4 Å². The number of nitrogens with zero attached hydrogens (tertiary/aromatic N) is 1. The van der Waals surface area contributed by atoms with Crippen LogP contribution in [0.2, 0.25) is 0 Å². The van der Waals surface area contributed by atoms with Gasteiger partial charge in [-0.15, -0.1) is 12.4 Å². The fourth-order valence-electron chi connectivity index (χ4n) is 2.36. The summed E-state index contributed by atoms with van der Waals surface area (Å²) in [6.45, 7) is 1.86. The first kappa shape index (κ1) is 16.9. The van der Waals surface area contributed by atoms with Crippen LogP contribution in [0.15, 0.2) is 18.2 Å². The molecule has 0 atom stereocenters. The highest BCUT2D eigenvalue weighted by Crippen LogP contribution is 2.17. The van der Waals surface area contributed by atoms with Crippen LogP contribution < -0.4 is 5.32 Å². The van der Waals surface area contributed by atoms with Crippen LogP contribution in [0.4, 0.5) is 8.78 Å². The van der Waals surface area contributed by atoms with Gasteiger partial charge in [0.25, 0.3) is 0 Å². The van der Waals surface area contributed by atoms with E-state index in [1.807, 2.05) is 0 Å². The number of benzene rings is 1. The molecule has 20 heavy (non-hydrogen) atoms. The summed E-state index contributed by atoms with van der Waals surface area (Å²) in [5, 5.41) is 3.20. The quantitative estimate of drug-likeness (QED) is 0.929. The van der Waals surface area contributed by atoms with E-state index in [4.69, 9.17) is 0 Å². The van der Waals surface area contributed by atoms with E-state index >= 15 is 0 Å². The zero-order valence-electron chi connectivity index (χ0n) is 11.4. The number of carbonyl (C=O) groups is 1. The predicted molar refractivity (Wildman–Crippen MR) is 75.7 cm³/mol. The maximum Gasteiger partial charge on any atom is 0.225 e. The van der Waals surface area contributed by atoms with Crippen molar-refractivity contribution < 1.29 is 13.6 Å². The Morgan fingerprint density at radius 3 is 2.60 bits per heavy atom. The van der Waals surface area contributed by atoms with E-state index in [9.17, 15) is 13.6 Å². The largest absolute Gasteiger partial charge is 0.341 e. The van der Waals surface area contributed by atoms with Gasteiger partial charge in [0.2, 0.25) is 5.91 Å². The molecule has 0 radical (unpaired) electrons. The van der Waals surface area contributed by atoms with Crippen molar-refractivity contribution in [1.29, 1.82) is 0 Å². The van der Waals surface area contributed by atoms with Gasteiger partial charge in [-0.1, -0.05) is 6.07 Å². The molecule has 1 amide bonds. The third kappa shape index (κ3) is 4.15. The van der Waals surface area contributed by atoms with Crippen molar-refractivity contribution in [3.05, 3.63) is 35.4 Å². The van der Waals surface area contributed by atoms with E-state index in [0.29, 0.717) is 5.56 Å². The zero-order valence-corrected chi connectivity index (χ0v) is 12.2. The lowest BCUT2D eigenvalue weighted by molar-refractivity contribution is -0.135. The number of rotatable bonds is 3. The van der Waals surface area contributed by atoms with Crippen LogP contribution in [-0.2, 0) is 11.3 Å². The number of nitrogens with one attached hydrogen (secondary N) is 1. The first-order chi connectivity index (χ1) is 9.08. The minimum absolute atomic E-state index is 0. The van der Waals surface area contributed by atoms with Gasteiger partial charge in [-0.05, 0) is 32.0 Å². The monoisotopic (exact) mass is 304 g/mol. The van der Waals surface area contributed by atoms with Gasteiger partial charge in [-0.3, -0.25) is 4.79 Å². The number of halogens is 3. The molecule has 0 saturated carbocycles. The first-order valence-electron chi connectivity index (χ1n) is 6.47. The Hall–Kier alpha value is -1.20. The minimum Gasteiger partial charge on any atom is -0.341 e. The average molecular weight is 305 g/mol. The maximum absolute atomic E-state index is 13.5. The molecule has 6 heteroatoms. The Morgan fingerprint density at radius 2 is 2.00 bits per heavy atom. The molecule has 0 unspecified atom stereocenters. The summed E-state index contributed by atoms with van der Waals surface area (Å²) in [5.74, 6) is -1.17. The van der Waals surface area contributed by atoms with Gasteiger partial charge in [0.05, 0.1) is 0 Å². The standard InChI is InChI=1S/C14H18F2N2O.ClH/c1-18(14(19)10-4-6-17-7-5-10)9-11-2-3-12(15)8-13(11)16;/h2-3,8,10,17H,4-7,9H2,1H3;1H. The summed E-state index contributed by atoms with van der Waals surface area (Å²) in [5.41, 5.74) is 0.339. The molecule has 1 aliphatic heterocycles. The van der Waals surface area contributed by atoms with Crippen LogP contribution >= 0.6 is 12.4 Å². The van der Waals surface area contributed by atoms with Crippen molar-refractivity contribution in [2.24, 2.45) is 5.92 Å². The summed E-state index contributed by atoms with van der Waals surface area (Å²) in [6, 6.07) is 3.44. The molecule has 1 N–H and O–H groups in total. The summed E-state index contributed by atoms with van der Waals surface area (Å²) in [4.78, 5) is 13.7. The van der Waals surface area contributed by atoms with Gasteiger partial charge < -0.3 is 10.2 Å². The number of amides is 1. The number of hydrogen-bond acceptors (Lipinski definition) is 2. The molecule has 3 nitrogen and oxygen atoms in total. The summed E-state index contributed by atoms with van der Waals surface area (Å²) >= 11 is 0. The average Bonchev–Trinajstić information content (AvgIpc) is 2.42. The normalized spacial score (nSPS) is 15.6. The topological polar surface area (TPSA) is 32.3 Å². The van der Waals surface area contributed by atoms with Crippen LogP contribution in [0.3, 0.4) is 0 Å². The Morgan fingerprint density at radius 1 is 1.35 bits per heavy atom. The van der Waals surface area contributed by atoms with Crippen LogP contribution in [0, 0.1) is 17.6 Å². The molecule has 0 aliphatic carbocycles. The molecule has 2 rings (SSSR count). The van der Waals surface area contributed by atoms with Gasteiger partial charge in [0, 0.05) is 31.1 Å². The molecule has 1 aromatic rings. The maximum atomic E-state index is 13.5. The van der Waals surface area contributed by atoms with Crippen molar-refractivity contribution in [1.82, 2.24) is 10.2 Å². The first-order valence-corrected chi connectivity index (χ1v) is 6.47. The smallest absolute Gasteiger partial charge is 0.225 e. The van der Waals surface area contributed by atoms with Gasteiger partial charge in [0.15, 0.2) is 0 Å². The lowest BCUT2D eigenvalue weighted by Gasteiger charge is -2.27. The molecule has 1 fully saturated rings. The predicted octanol–water partition coefficient (Wildman–Crippen LogP) is 2.34. The molecular formula is C14H19ClF2N2O. The zero-order chi connectivity index (χ0) is 13.8. The summed E-state index contributed by atoms with van der Waals surface area (Å²) in [7, 11) is 1.66. The summed E-state index contributed by atoms with van der Waals surface area (Å²) in [6.07, 6.45) is 1.63. The lowest BCUT2D eigenvalue weighted by atomic mass is 9.96. The fraction of sp³-hybridized carbons (Fsp3) is 0.500. The van der Waals surface area contributed by atoms with Gasteiger partial charge in [-0.25, -0.2) is 8.78 Å². The Bertz CT molecular complexity index is 464. The summed E-state index contributed by atoms with van der Waals surface area (Å²) < 4.78 is 26.3. The molecule has 1 heterocycles. The lowest BCUT2D eigenvalue weighted by Crippen LogP contribution is -2.39. The number of hydrogen-bond donors (Lipinski definition) is 1. The van der Waals surface area contributed by atoms with E-state index in [1.54, 1.807) is 7.05 Å². The van der Waals surface area contributed by atoms with Crippen molar-refractivity contribution in [2.75, 3.05) is 20.1 Å². The van der Waals surface area contributed by atoms with Crippen LogP contribution in [0.5, 0.6) is 0 Å². The Labute approximate surface area is 123 Å². The van der Waals surface area contributed by atoms with E-state index in [0.717, 1.165) is 32.0 Å². The van der Waals surface area contributed by atoms with Crippen LogP contribution in [0.25, 0.3) is 0 Å². The highest BCUT2D eigenvalue weighted by Gasteiger charge is 2.24. The SMILES string of the molecule is CN(Cc1ccc(F)cc1F)C(=O)C1CCNCC1.Cl. The molecule has 0 bridgehead atoms. The van der Waals surface area contributed by atoms with Crippen LogP contribution in [-0.4, -0.2) is 30.9 Å². The van der Waals surface area contributed by atoms with E-state index in [-0.39, 0.29) is 30.8 Å².